The first kappa shape index (κ1) is 17.0. The number of carbonyl (C=O) groups excluding carboxylic acids is 1. The van der Waals surface area contributed by atoms with Gasteiger partial charge < -0.3 is 4.90 Å². The molecule has 1 amide bonds. The van der Waals surface area contributed by atoms with Crippen LogP contribution in [0.1, 0.15) is 50.8 Å². The second-order valence-corrected chi connectivity index (χ2v) is 9.02. The van der Waals surface area contributed by atoms with Gasteiger partial charge in [-0.2, -0.15) is 0 Å². The molecule has 3 nitrogen and oxygen atoms in total. The highest BCUT2D eigenvalue weighted by Crippen LogP contribution is 2.52. The first-order chi connectivity index (χ1) is 10.9. The lowest BCUT2D eigenvalue weighted by Crippen LogP contribution is -2.47. The summed E-state index contributed by atoms with van der Waals surface area (Å²) in [6.07, 6.45) is 6.10. The Balaban J connectivity index is 1.72. The monoisotopic (exact) mass is 334 g/mol. The van der Waals surface area contributed by atoms with Gasteiger partial charge in [-0.3, -0.25) is 9.69 Å². The van der Waals surface area contributed by atoms with Crippen LogP contribution >= 0.6 is 11.3 Å². The second kappa shape index (κ2) is 6.21. The van der Waals surface area contributed by atoms with Gasteiger partial charge in [-0.15, -0.1) is 11.3 Å². The van der Waals surface area contributed by atoms with Gasteiger partial charge in [0.25, 0.3) is 0 Å². The van der Waals surface area contributed by atoms with Crippen molar-refractivity contribution in [1.29, 1.82) is 0 Å². The van der Waals surface area contributed by atoms with E-state index in [1.807, 2.05) is 25.2 Å². The zero-order chi connectivity index (χ0) is 16.7. The van der Waals surface area contributed by atoms with E-state index in [1.165, 1.54) is 37.0 Å². The van der Waals surface area contributed by atoms with Crippen LogP contribution in [-0.4, -0.2) is 42.9 Å². The van der Waals surface area contributed by atoms with Gasteiger partial charge >= 0.3 is 0 Å². The maximum absolute atomic E-state index is 12.3. The van der Waals surface area contributed by atoms with Crippen LogP contribution in [-0.2, 0) is 10.3 Å². The molecule has 0 aromatic carbocycles. The minimum atomic E-state index is 0.126. The molecular formula is C19H30N2OS. The van der Waals surface area contributed by atoms with Crippen molar-refractivity contribution in [2.75, 3.05) is 27.2 Å². The maximum atomic E-state index is 12.3. The molecule has 0 atom stereocenters. The zero-order valence-corrected chi connectivity index (χ0v) is 15.8. The van der Waals surface area contributed by atoms with Crippen LogP contribution in [0.2, 0.25) is 0 Å². The normalized spacial score (nSPS) is 31.5. The fraction of sp³-hybridized carbons (Fsp3) is 0.737. The summed E-state index contributed by atoms with van der Waals surface area (Å²) < 4.78 is 0. The molecule has 1 aromatic heterocycles. The van der Waals surface area contributed by atoms with Gasteiger partial charge in [0.2, 0.25) is 5.91 Å². The molecule has 3 rings (SSSR count). The Hall–Kier alpha value is -0.870. The summed E-state index contributed by atoms with van der Waals surface area (Å²) in [7, 11) is 4.45. The summed E-state index contributed by atoms with van der Waals surface area (Å²) in [4.78, 5) is 18.4. The minimum Gasteiger partial charge on any atom is -0.342 e. The Kier molecular flexibility index (Phi) is 4.58. The summed E-state index contributed by atoms with van der Waals surface area (Å²) in [6.45, 7) is 5.98. The predicted molar refractivity (Wildman–Crippen MR) is 96.6 cm³/mol. The van der Waals surface area contributed by atoms with E-state index in [4.69, 9.17) is 0 Å². The molecule has 1 saturated heterocycles. The number of rotatable bonds is 3. The minimum absolute atomic E-state index is 0.126. The second-order valence-electron chi connectivity index (χ2n) is 8.07. The third-order valence-corrected chi connectivity index (χ3v) is 7.28. The van der Waals surface area contributed by atoms with Crippen LogP contribution in [0.3, 0.4) is 0 Å². The average molecular weight is 335 g/mol. The number of hydrogen-bond donors (Lipinski definition) is 0. The fourth-order valence-electron chi connectivity index (χ4n) is 4.55. The zero-order valence-electron chi connectivity index (χ0n) is 15.0. The van der Waals surface area contributed by atoms with Gasteiger partial charge in [-0.05, 0) is 63.1 Å². The Morgan fingerprint density at radius 1 is 1.22 bits per heavy atom. The molecule has 128 valence electrons. The van der Waals surface area contributed by atoms with Gasteiger partial charge in [0.15, 0.2) is 0 Å². The molecule has 0 unspecified atom stereocenters. The van der Waals surface area contributed by atoms with Crippen molar-refractivity contribution in [3.05, 3.63) is 22.4 Å². The molecule has 2 heterocycles. The lowest BCUT2D eigenvalue weighted by atomic mass is 9.66. The topological polar surface area (TPSA) is 23.6 Å². The maximum Gasteiger partial charge on any atom is 0.225 e. The third kappa shape index (κ3) is 2.96. The van der Waals surface area contributed by atoms with Crippen LogP contribution < -0.4 is 0 Å². The summed E-state index contributed by atoms with van der Waals surface area (Å²) >= 11 is 1.89. The van der Waals surface area contributed by atoms with E-state index in [2.05, 4.69) is 41.4 Å². The number of carbonyl (C=O) groups is 1. The molecule has 1 aromatic rings. The quantitative estimate of drug-likeness (QED) is 0.835. The van der Waals surface area contributed by atoms with Crippen LogP contribution in [0.5, 0.6) is 0 Å². The number of hydrogen-bond acceptors (Lipinski definition) is 3. The molecule has 1 saturated carbocycles. The number of nitrogens with zero attached hydrogens (tertiary/aromatic N) is 2. The lowest BCUT2D eigenvalue weighted by molar-refractivity contribution is -0.134. The van der Waals surface area contributed by atoms with Crippen molar-refractivity contribution in [2.45, 2.75) is 51.5 Å². The molecule has 0 N–H and O–H groups in total. The van der Waals surface area contributed by atoms with Gasteiger partial charge in [0, 0.05) is 23.9 Å². The van der Waals surface area contributed by atoms with E-state index < -0.39 is 0 Å². The smallest absolute Gasteiger partial charge is 0.225 e. The molecule has 0 radical (unpaired) electrons. The molecule has 2 fully saturated rings. The lowest BCUT2D eigenvalue weighted by Gasteiger charge is -2.48. The van der Waals surface area contributed by atoms with Crippen LogP contribution in [0, 0.1) is 11.3 Å². The number of thiophene rings is 1. The molecular weight excluding hydrogens is 304 g/mol. The van der Waals surface area contributed by atoms with Crippen molar-refractivity contribution in [2.24, 2.45) is 11.3 Å². The van der Waals surface area contributed by atoms with E-state index in [0.29, 0.717) is 11.3 Å². The van der Waals surface area contributed by atoms with Crippen LogP contribution in [0.15, 0.2) is 17.5 Å². The summed E-state index contributed by atoms with van der Waals surface area (Å²) in [5, 5.41) is 2.20. The fourth-order valence-corrected chi connectivity index (χ4v) is 5.61. The van der Waals surface area contributed by atoms with Gasteiger partial charge in [-0.25, -0.2) is 0 Å². The molecule has 0 bridgehead atoms. The third-order valence-electron chi connectivity index (χ3n) is 6.22. The van der Waals surface area contributed by atoms with Crippen molar-refractivity contribution >= 4 is 17.2 Å². The Morgan fingerprint density at radius 2 is 1.91 bits per heavy atom. The van der Waals surface area contributed by atoms with Crippen molar-refractivity contribution in [1.82, 2.24) is 9.80 Å². The molecule has 1 spiro atoms. The van der Waals surface area contributed by atoms with Crippen molar-refractivity contribution < 1.29 is 4.79 Å². The predicted octanol–water partition coefficient (Wildman–Crippen LogP) is 3.95. The molecule has 1 aliphatic heterocycles. The summed E-state index contributed by atoms with van der Waals surface area (Å²) in [6, 6.07) is 4.47. The van der Waals surface area contributed by atoms with E-state index in [9.17, 15) is 4.79 Å². The summed E-state index contributed by atoms with van der Waals surface area (Å²) in [5.41, 5.74) is 0.580. The van der Waals surface area contributed by atoms with Gasteiger partial charge in [0.1, 0.15) is 0 Å². The molecule has 1 aliphatic carbocycles. The molecule has 4 heteroatoms. The van der Waals surface area contributed by atoms with Crippen LogP contribution in [0.4, 0.5) is 0 Å². The van der Waals surface area contributed by atoms with Gasteiger partial charge in [-0.1, -0.05) is 19.9 Å². The van der Waals surface area contributed by atoms with E-state index in [0.717, 1.165) is 13.1 Å². The SMILES string of the molecule is CC(C)C(=O)N1CCC2(CCC(c3cccs3)(N(C)C)CC2)C1. The summed E-state index contributed by atoms with van der Waals surface area (Å²) in [5.74, 6) is 0.463. The van der Waals surface area contributed by atoms with Crippen LogP contribution in [0.25, 0.3) is 0 Å². The highest BCUT2D eigenvalue weighted by atomic mass is 32.1. The van der Waals surface area contributed by atoms with E-state index in [-0.39, 0.29) is 11.5 Å². The molecule has 23 heavy (non-hydrogen) atoms. The van der Waals surface area contributed by atoms with Crippen molar-refractivity contribution in [3.8, 4) is 0 Å². The Morgan fingerprint density at radius 3 is 2.43 bits per heavy atom. The van der Waals surface area contributed by atoms with Gasteiger partial charge in [0.05, 0.1) is 5.54 Å². The number of amides is 1. The average Bonchev–Trinajstić information content (AvgIpc) is 3.18. The highest BCUT2D eigenvalue weighted by molar-refractivity contribution is 7.10. The highest BCUT2D eigenvalue weighted by Gasteiger charge is 2.48. The molecule has 2 aliphatic rings. The Labute approximate surface area is 144 Å². The Bertz CT molecular complexity index is 542. The number of likely N-dealkylation sites (tertiary alicyclic amines) is 1. The van der Waals surface area contributed by atoms with Crippen molar-refractivity contribution in [3.63, 3.8) is 0 Å². The standard InChI is InChI=1S/C19H30N2OS/c1-15(2)17(22)21-12-11-18(14-21)7-9-19(10-8-18,20(3)4)16-6-5-13-23-16/h5-6,13,15H,7-12,14H2,1-4H3. The first-order valence-electron chi connectivity index (χ1n) is 8.89. The largest absolute Gasteiger partial charge is 0.342 e. The van der Waals surface area contributed by atoms with E-state index >= 15 is 0 Å². The first-order valence-corrected chi connectivity index (χ1v) is 9.77. The van der Waals surface area contributed by atoms with E-state index in [1.54, 1.807) is 0 Å².